The van der Waals surface area contributed by atoms with Gasteiger partial charge in [-0.1, -0.05) is 17.7 Å². The van der Waals surface area contributed by atoms with Gasteiger partial charge in [-0.3, -0.25) is 0 Å². The van der Waals surface area contributed by atoms with Crippen molar-refractivity contribution in [1.29, 1.82) is 0 Å². The van der Waals surface area contributed by atoms with Gasteiger partial charge in [-0.05, 0) is 24.3 Å². The fourth-order valence-electron chi connectivity index (χ4n) is 1.85. The molecule has 0 bridgehead atoms. The van der Waals surface area contributed by atoms with Crippen LogP contribution in [0.1, 0.15) is 5.56 Å². The van der Waals surface area contributed by atoms with E-state index in [9.17, 15) is 5.11 Å². The summed E-state index contributed by atoms with van der Waals surface area (Å²) in [6.45, 7) is 0.397. The first-order valence-corrected chi connectivity index (χ1v) is 6.45. The Morgan fingerprint density at radius 1 is 1.15 bits per heavy atom. The maximum atomic E-state index is 9.80. The molecule has 2 aromatic rings. The van der Waals surface area contributed by atoms with Crippen LogP contribution < -0.4 is 14.8 Å². The summed E-state index contributed by atoms with van der Waals surface area (Å²) in [6, 6.07) is 10.5. The van der Waals surface area contributed by atoms with Crippen molar-refractivity contribution in [2.45, 2.75) is 6.54 Å². The molecule has 2 rings (SSSR count). The molecule has 0 saturated heterocycles. The smallest absolute Gasteiger partial charge is 0.145 e. The second kappa shape index (κ2) is 6.39. The summed E-state index contributed by atoms with van der Waals surface area (Å²) >= 11 is 6.07. The molecular formula is C15H16ClNO3. The molecule has 0 fully saturated rings. The number of benzene rings is 2. The van der Waals surface area contributed by atoms with Crippen molar-refractivity contribution < 1.29 is 14.6 Å². The van der Waals surface area contributed by atoms with Gasteiger partial charge in [0.2, 0.25) is 0 Å². The molecule has 0 unspecified atom stereocenters. The summed E-state index contributed by atoms with van der Waals surface area (Å²) < 4.78 is 10.4. The number of hydrogen-bond acceptors (Lipinski definition) is 4. The molecular weight excluding hydrogens is 278 g/mol. The lowest BCUT2D eigenvalue weighted by atomic mass is 10.2. The highest BCUT2D eigenvalue weighted by Gasteiger charge is 2.08. The number of rotatable bonds is 5. The minimum absolute atomic E-state index is 0.164. The Kier molecular flexibility index (Phi) is 4.58. The molecule has 0 spiro atoms. The van der Waals surface area contributed by atoms with E-state index in [0.717, 1.165) is 5.69 Å². The average molecular weight is 294 g/mol. The summed E-state index contributed by atoms with van der Waals surface area (Å²) in [7, 11) is 3.19. The third-order valence-electron chi connectivity index (χ3n) is 2.96. The first kappa shape index (κ1) is 14.3. The lowest BCUT2D eigenvalue weighted by molar-refractivity contribution is 0.395. The van der Waals surface area contributed by atoms with Crippen LogP contribution in [0.4, 0.5) is 5.69 Å². The number of methoxy groups -OCH3 is 2. The summed E-state index contributed by atoms with van der Waals surface area (Å²) in [5.74, 6) is 1.54. The van der Waals surface area contributed by atoms with E-state index in [4.69, 9.17) is 21.1 Å². The summed E-state index contributed by atoms with van der Waals surface area (Å²) in [5.41, 5.74) is 1.44. The molecule has 0 aromatic heterocycles. The average Bonchev–Trinajstić information content (AvgIpc) is 2.46. The highest BCUT2D eigenvalue weighted by Crippen LogP contribution is 2.31. The van der Waals surface area contributed by atoms with E-state index in [-0.39, 0.29) is 5.75 Å². The van der Waals surface area contributed by atoms with Gasteiger partial charge >= 0.3 is 0 Å². The van der Waals surface area contributed by atoms with E-state index in [1.807, 2.05) is 12.1 Å². The predicted octanol–water partition coefficient (Wildman–Crippen LogP) is 3.67. The third-order valence-corrected chi connectivity index (χ3v) is 3.31. The fraction of sp³-hybridized carbons (Fsp3) is 0.200. The minimum Gasteiger partial charge on any atom is -0.508 e. The van der Waals surface area contributed by atoms with Crippen molar-refractivity contribution in [3.05, 3.63) is 47.0 Å². The number of phenols is 1. The summed E-state index contributed by atoms with van der Waals surface area (Å²) in [4.78, 5) is 0. The van der Waals surface area contributed by atoms with Crippen molar-refractivity contribution in [3.8, 4) is 17.2 Å². The number of nitrogens with one attached hydrogen (secondary N) is 1. The van der Waals surface area contributed by atoms with Crippen LogP contribution in [-0.2, 0) is 6.54 Å². The van der Waals surface area contributed by atoms with E-state index in [2.05, 4.69) is 5.32 Å². The third kappa shape index (κ3) is 3.08. The van der Waals surface area contributed by atoms with Crippen molar-refractivity contribution in [1.82, 2.24) is 0 Å². The Hall–Kier alpha value is -2.07. The maximum absolute atomic E-state index is 9.80. The molecule has 0 atom stereocenters. The van der Waals surface area contributed by atoms with Crippen LogP contribution in [0.25, 0.3) is 0 Å². The monoisotopic (exact) mass is 293 g/mol. The van der Waals surface area contributed by atoms with E-state index < -0.39 is 0 Å². The van der Waals surface area contributed by atoms with Crippen LogP contribution in [-0.4, -0.2) is 19.3 Å². The molecule has 0 aliphatic rings. The van der Waals surface area contributed by atoms with E-state index in [0.29, 0.717) is 28.6 Å². The zero-order chi connectivity index (χ0) is 14.5. The van der Waals surface area contributed by atoms with Crippen LogP contribution in [0, 0.1) is 0 Å². The fourth-order valence-corrected chi connectivity index (χ4v) is 2.09. The van der Waals surface area contributed by atoms with Gasteiger partial charge in [0.15, 0.2) is 0 Å². The van der Waals surface area contributed by atoms with Crippen LogP contribution in [0.15, 0.2) is 36.4 Å². The van der Waals surface area contributed by atoms with Gasteiger partial charge in [-0.15, -0.1) is 0 Å². The highest BCUT2D eigenvalue weighted by molar-refractivity contribution is 6.31. The summed E-state index contributed by atoms with van der Waals surface area (Å²) in [6.07, 6.45) is 0. The molecule has 2 N–H and O–H groups in total. The van der Waals surface area contributed by atoms with Gasteiger partial charge in [0.05, 0.1) is 19.9 Å². The van der Waals surface area contributed by atoms with Crippen molar-refractivity contribution >= 4 is 17.3 Å². The minimum atomic E-state index is 0.164. The summed E-state index contributed by atoms with van der Waals surface area (Å²) in [5, 5.41) is 13.5. The van der Waals surface area contributed by atoms with Crippen molar-refractivity contribution in [2.75, 3.05) is 19.5 Å². The second-order valence-corrected chi connectivity index (χ2v) is 4.56. The molecule has 0 heterocycles. The molecule has 2 aromatic carbocycles. The van der Waals surface area contributed by atoms with Crippen LogP contribution >= 0.6 is 11.6 Å². The second-order valence-electron chi connectivity index (χ2n) is 4.16. The standard InChI is InChI=1S/C15H16ClNO3/c1-19-10-6-7-13(15(8-10)20-2)17-9-11-12(16)4-3-5-14(11)18/h3-8,17-18H,9H2,1-2H3. The van der Waals surface area contributed by atoms with E-state index in [1.54, 1.807) is 38.5 Å². The van der Waals surface area contributed by atoms with Gasteiger partial charge in [0.25, 0.3) is 0 Å². The van der Waals surface area contributed by atoms with Crippen molar-refractivity contribution in [3.63, 3.8) is 0 Å². The highest BCUT2D eigenvalue weighted by atomic mass is 35.5. The van der Waals surface area contributed by atoms with Crippen LogP contribution in [0.5, 0.6) is 17.2 Å². The molecule has 5 heteroatoms. The number of ether oxygens (including phenoxy) is 2. The first-order chi connectivity index (χ1) is 9.65. The molecule has 20 heavy (non-hydrogen) atoms. The first-order valence-electron chi connectivity index (χ1n) is 6.08. The van der Waals surface area contributed by atoms with Crippen LogP contribution in [0.3, 0.4) is 0 Å². The SMILES string of the molecule is COc1ccc(NCc2c(O)cccc2Cl)c(OC)c1. The quantitative estimate of drug-likeness (QED) is 0.883. The molecule has 0 aliphatic carbocycles. The van der Waals surface area contributed by atoms with Gasteiger partial charge in [-0.2, -0.15) is 0 Å². The number of phenolic OH excluding ortho intramolecular Hbond substituents is 1. The number of halogens is 1. The molecule has 0 amide bonds. The number of anilines is 1. The lowest BCUT2D eigenvalue weighted by Crippen LogP contribution is -2.02. The molecule has 0 saturated carbocycles. The topological polar surface area (TPSA) is 50.7 Å². The van der Waals surface area contributed by atoms with Gasteiger partial charge in [-0.25, -0.2) is 0 Å². The Balaban J connectivity index is 2.19. The van der Waals surface area contributed by atoms with E-state index >= 15 is 0 Å². The zero-order valence-corrected chi connectivity index (χ0v) is 12.1. The maximum Gasteiger partial charge on any atom is 0.145 e. The zero-order valence-electron chi connectivity index (χ0n) is 11.3. The number of aromatic hydroxyl groups is 1. The predicted molar refractivity (Wildman–Crippen MR) is 80.0 cm³/mol. The largest absolute Gasteiger partial charge is 0.508 e. The van der Waals surface area contributed by atoms with Gasteiger partial charge in [0, 0.05) is 23.2 Å². The lowest BCUT2D eigenvalue weighted by Gasteiger charge is -2.13. The van der Waals surface area contributed by atoms with Gasteiger partial charge < -0.3 is 19.9 Å². The molecule has 106 valence electrons. The van der Waals surface area contributed by atoms with E-state index in [1.165, 1.54) is 0 Å². The van der Waals surface area contributed by atoms with Gasteiger partial charge in [0.1, 0.15) is 17.2 Å². The molecule has 4 nitrogen and oxygen atoms in total. The Bertz CT molecular complexity index is 581. The molecule has 0 radical (unpaired) electrons. The Morgan fingerprint density at radius 2 is 1.95 bits per heavy atom. The Morgan fingerprint density at radius 3 is 2.60 bits per heavy atom. The normalized spacial score (nSPS) is 10.2. The van der Waals surface area contributed by atoms with Crippen molar-refractivity contribution in [2.24, 2.45) is 0 Å². The van der Waals surface area contributed by atoms with Crippen LogP contribution in [0.2, 0.25) is 5.02 Å². The number of hydrogen-bond donors (Lipinski definition) is 2. The molecule has 0 aliphatic heterocycles. The Labute approximate surface area is 122 Å².